The molecule has 0 saturated carbocycles. The summed E-state index contributed by atoms with van der Waals surface area (Å²) in [6, 6.07) is 7.43. The minimum Gasteiger partial charge on any atom is -0.445 e. The summed E-state index contributed by atoms with van der Waals surface area (Å²) in [4.78, 5) is 54.3. The molecule has 1 aromatic carbocycles. The van der Waals surface area contributed by atoms with E-state index in [1.165, 1.54) is 4.90 Å². The predicted octanol–water partition coefficient (Wildman–Crippen LogP) is -0.651. The van der Waals surface area contributed by atoms with Crippen molar-refractivity contribution in [3.63, 3.8) is 0 Å². The molecule has 1 saturated heterocycles. The average Bonchev–Trinajstić information content (AvgIpc) is 3.28. The molecule has 2 atom stereocenters. The maximum Gasteiger partial charge on any atom is 0.408 e. The highest BCUT2D eigenvalue weighted by atomic mass is 35.5. The van der Waals surface area contributed by atoms with E-state index in [1.807, 2.05) is 30.3 Å². The van der Waals surface area contributed by atoms with Gasteiger partial charge in [0.15, 0.2) is 5.96 Å². The first-order chi connectivity index (χ1) is 15.8. The van der Waals surface area contributed by atoms with E-state index < -0.39 is 35.9 Å². The lowest BCUT2D eigenvalue weighted by Gasteiger charge is -2.28. The van der Waals surface area contributed by atoms with Gasteiger partial charge in [-0.25, -0.2) is 4.79 Å². The van der Waals surface area contributed by atoms with Crippen molar-refractivity contribution in [1.29, 1.82) is 0 Å². The van der Waals surface area contributed by atoms with E-state index in [9.17, 15) is 19.2 Å². The van der Waals surface area contributed by atoms with Crippen LogP contribution in [0.3, 0.4) is 0 Å². The molecule has 4 amide bonds. The first-order valence-corrected chi connectivity index (χ1v) is 10.7. The number of guanidine groups is 1. The van der Waals surface area contributed by atoms with Crippen LogP contribution in [0.2, 0.25) is 0 Å². The summed E-state index contributed by atoms with van der Waals surface area (Å²) in [5.74, 6) is -1.64. The van der Waals surface area contributed by atoms with Gasteiger partial charge in [0.2, 0.25) is 17.7 Å². The number of hydrogen-bond acceptors (Lipinski definition) is 6. The lowest BCUT2D eigenvalue weighted by atomic mass is 10.1. The molecule has 188 valence electrons. The number of carbonyl (C=O) groups is 4. The molecule has 0 aliphatic carbocycles. The van der Waals surface area contributed by atoms with Crippen LogP contribution in [0.15, 0.2) is 35.3 Å². The van der Waals surface area contributed by atoms with Crippen molar-refractivity contribution >= 4 is 42.2 Å². The number of ether oxygens (including phenoxy) is 1. The summed E-state index contributed by atoms with van der Waals surface area (Å²) in [5, 5.41) is 5.02. The quantitative estimate of drug-likeness (QED) is 0.152. The molecule has 0 radical (unpaired) electrons. The molecule has 13 heteroatoms. The fourth-order valence-corrected chi connectivity index (χ4v) is 3.46. The van der Waals surface area contributed by atoms with Crippen molar-refractivity contribution in [3.05, 3.63) is 35.9 Å². The Morgan fingerprint density at radius 1 is 1.15 bits per heavy atom. The van der Waals surface area contributed by atoms with E-state index in [0.717, 1.165) is 5.56 Å². The van der Waals surface area contributed by atoms with Crippen molar-refractivity contribution in [2.75, 3.05) is 19.6 Å². The third kappa shape index (κ3) is 9.53. The Balaban J connectivity index is 0.00000578. The molecular formula is C21H32ClN7O5. The minimum absolute atomic E-state index is 0. The number of nitrogens with zero attached hydrogens (tertiary/aromatic N) is 2. The Morgan fingerprint density at radius 2 is 1.85 bits per heavy atom. The molecule has 2 rings (SSSR count). The van der Waals surface area contributed by atoms with Gasteiger partial charge in [-0.3, -0.25) is 19.4 Å². The Morgan fingerprint density at radius 3 is 2.50 bits per heavy atom. The van der Waals surface area contributed by atoms with Crippen molar-refractivity contribution < 1.29 is 23.9 Å². The predicted molar refractivity (Wildman–Crippen MR) is 128 cm³/mol. The van der Waals surface area contributed by atoms with E-state index in [2.05, 4.69) is 15.6 Å². The molecular weight excluding hydrogens is 466 g/mol. The number of alkyl carbamates (subject to hydrolysis) is 1. The first-order valence-electron chi connectivity index (χ1n) is 10.7. The van der Waals surface area contributed by atoms with Gasteiger partial charge in [0.1, 0.15) is 18.7 Å². The molecule has 34 heavy (non-hydrogen) atoms. The maximum atomic E-state index is 13.2. The number of aliphatic imine (C=N–C) groups is 1. The number of rotatable bonds is 11. The average molecular weight is 498 g/mol. The largest absolute Gasteiger partial charge is 0.445 e. The smallest absolute Gasteiger partial charge is 0.408 e. The number of carbonyl (C=O) groups excluding carboxylic acids is 4. The van der Waals surface area contributed by atoms with Gasteiger partial charge in [-0.05, 0) is 31.2 Å². The molecule has 1 fully saturated rings. The number of primary amides is 1. The number of likely N-dealkylation sites (tertiary alicyclic amines) is 1. The van der Waals surface area contributed by atoms with Gasteiger partial charge in [0.05, 0.1) is 6.54 Å². The number of hydrogen-bond donors (Lipinski definition) is 5. The van der Waals surface area contributed by atoms with Crippen LogP contribution in [0, 0.1) is 0 Å². The van der Waals surface area contributed by atoms with E-state index >= 15 is 0 Å². The van der Waals surface area contributed by atoms with Crippen LogP contribution in [-0.2, 0) is 25.7 Å². The molecule has 0 spiro atoms. The molecule has 1 heterocycles. The maximum absolute atomic E-state index is 13.2. The van der Waals surface area contributed by atoms with Crippen LogP contribution in [0.5, 0.6) is 0 Å². The molecule has 8 N–H and O–H groups in total. The van der Waals surface area contributed by atoms with E-state index in [4.69, 9.17) is 21.9 Å². The number of nitrogens with two attached hydrogens (primary N) is 3. The van der Waals surface area contributed by atoms with Crippen molar-refractivity contribution in [1.82, 2.24) is 15.5 Å². The molecule has 12 nitrogen and oxygen atoms in total. The van der Waals surface area contributed by atoms with E-state index in [0.29, 0.717) is 25.8 Å². The zero-order valence-corrected chi connectivity index (χ0v) is 19.6. The van der Waals surface area contributed by atoms with Gasteiger partial charge >= 0.3 is 6.09 Å². The van der Waals surface area contributed by atoms with Gasteiger partial charge in [-0.1, -0.05) is 30.3 Å². The summed E-state index contributed by atoms with van der Waals surface area (Å²) in [5.41, 5.74) is 16.5. The van der Waals surface area contributed by atoms with Gasteiger partial charge in [0, 0.05) is 13.1 Å². The number of nitrogens with one attached hydrogen (secondary N) is 2. The van der Waals surface area contributed by atoms with Crippen LogP contribution in [0.25, 0.3) is 0 Å². The third-order valence-electron chi connectivity index (χ3n) is 5.02. The Kier molecular flexibility index (Phi) is 12.2. The monoisotopic (exact) mass is 497 g/mol. The van der Waals surface area contributed by atoms with Crippen LogP contribution >= 0.6 is 12.4 Å². The second-order valence-electron chi connectivity index (χ2n) is 7.58. The highest BCUT2D eigenvalue weighted by Gasteiger charge is 2.37. The number of amides is 4. The summed E-state index contributed by atoms with van der Waals surface area (Å²) in [6.07, 6.45) is 0.949. The fourth-order valence-electron chi connectivity index (χ4n) is 3.46. The minimum atomic E-state index is -0.938. The molecule has 0 aromatic heterocycles. The van der Waals surface area contributed by atoms with Gasteiger partial charge in [-0.2, -0.15) is 0 Å². The second-order valence-corrected chi connectivity index (χ2v) is 7.58. The lowest BCUT2D eigenvalue weighted by molar-refractivity contribution is -0.140. The third-order valence-corrected chi connectivity index (χ3v) is 5.02. The normalized spacial score (nSPS) is 15.4. The standard InChI is InChI=1S/C21H31N7O5.ClH/c22-17(29)12-26-18(30)16-9-5-11-28(16)19(31)15(8-4-10-25-20(23)24)27-21(32)33-13-14-6-2-1-3-7-14;/h1-3,6-7,15-16H,4-5,8-13H2,(H2,22,29)(H,26,30)(H,27,32)(H4,23,24,25);1H/t15-,16-;/m0./s1. The zero-order chi connectivity index (χ0) is 24.2. The van der Waals surface area contributed by atoms with E-state index in [-0.39, 0.29) is 44.5 Å². The molecule has 1 aliphatic heterocycles. The summed E-state index contributed by atoms with van der Waals surface area (Å²) in [6.45, 7) is 0.348. The first kappa shape index (κ1) is 28.5. The fraction of sp³-hybridized carbons (Fsp3) is 0.476. The summed E-state index contributed by atoms with van der Waals surface area (Å²) >= 11 is 0. The highest BCUT2D eigenvalue weighted by molar-refractivity contribution is 5.93. The number of halogens is 1. The highest BCUT2D eigenvalue weighted by Crippen LogP contribution is 2.20. The van der Waals surface area contributed by atoms with Crippen molar-refractivity contribution in [3.8, 4) is 0 Å². The SMILES string of the molecule is Cl.NC(=O)CNC(=O)[C@@H]1CCCN1C(=O)[C@H](CCCN=C(N)N)NC(=O)OCc1ccccc1. The second kappa shape index (κ2) is 14.6. The van der Waals surface area contributed by atoms with Crippen molar-refractivity contribution in [2.45, 2.75) is 44.4 Å². The molecule has 1 aliphatic rings. The molecule has 0 bridgehead atoms. The summed E-state index contributed by atoms with van der Waals surface area (Å²) < 4.78 is 5.24. The molecule has 0 unspecified atom stereocenters. The van der Waals surface area contributed by atoms with Gasteiger partial charge in [0.25, 0.3) is 0 Å². The number of benzene rings is 1. The topological polar surface area (TPSA) is 195 Å². The van der Waals surface area contributed by atoms with E-state index in [1.54, 1.807) is 0 Å². The van der Waals surface area contributed by atoms with Gasteiger partial charge < -0.3 is 37.5 Å². The Bertz CT molecular complexity index is 864. The molecule has 1 aromatic rings. The van der Waals surface area contributed by atoms with Crippen LogP contribution in [-0.4, -0.2) is 66.4 Å². The van der Waals surface area contributed by atoms with Crippen LogP contribution < -0.4 is 27.8 Å². The Labute approximate surface area is 204 Å². The van der Waals surface area contributed by atoms with Crippen molar-refractivity contribution in [2.24, 2.45) is 22.2 Å². The zero-order valence-electron chi connectivity index (χ0n) is 18.8. The lowest BCUT2D eigenvalue weighted by Crippen LogP contribution is -2.54. The van der Waals surface area contributed by atoms with Gasteiger partial charge in [-0.15, -0.1) is 12.4 Å². The van der Waals surface area contributed by atoms with Crippen LogP contribution in [0.1, 0.15) is 31.2 Å². The summed E-state index contributed by atoms with van der Waals surface area (Å²) in [7, 11) is 0. The Hall–Kier alpha value is -3.54. The van der Waals surface area contributed by atoms with Crippen LogP contribution in [0.4, 0.5) is 4.79 Å².